The van der Waals surface area contributed by atoms with Crippen LogP contribution in [0.15, 0.2) is 88.7 Å². The average molecular weight is 392 g/mol. The Bertz CT molecular complexity index is 1100. The first-order chi connectivity index (χ1) is 13.4. The van der Waals surface area contributed by atoms with Gasteiger partial charge in [-0.25, -0.2) is 8.42 Å². The zero-order valence-corrected chi connectivity index (χ0v) is 16.4. The van der Waals surface area contributed by atoms with E-state index in [4.69, 9.17) is 4.74 Å². The lowest BCUT2D eigenvalue weighted by atomic mass is 10.1. The van der Waals surface area contributed by atoms with Crippen LogP contribution in [0.2, 0.25) is 0 Å². The summed E-state index contributed by atoms with van der Waals surface area (Å²) in [5.41, 5.74) is 1.85. The van der Waals surface area contributed by atoms with Crippen LogP contribution >= 0.6 is 0 Å². The van der Waals surface area contributed by atoms with E-state index in [1.807, 2.05) is 6.92 Å². The lowest BCUT2D eigenvalue weighted by Gasteiger charge is -2.10. The maximum atomic E-state index is 13.3. The predicted molar refractivity (Wildman–Crippen MR) is 110 cm³/mol. The largest absolute Gasteiger partial charge is 0.497 e. The van der Waals surface area contributed by atoms with Gasteiger partial charge in [-0.15, -0.1) is 0 Å². The second kappa shape index (κ2) is 8.23. The molecule has 3 aromatic carbocycles. The van der Waals surface area contributed by atoms with E-state index in [0.717, 1.165) is 5.56 Å². The molecule has 0 aliphatic rings. The second-order valence-electron chi connectivity index (χ2n) is 6.29. The van der Waals surface area contributed by atoms with E-state index in [1.165, 1.54) is 18.2 Å². The molecule has 0 saturated heterocycles. The van der Waals surface area contributed by atoms with Crippen molar-refractivity contribution < 1.29 is 17.9 Å². The number of methoxy groups -OCH3 is 1. The first-order valence-electron chi connectivity index (χ1n) is 8.69. The molecule has 0 spiro atoms. The Morgan fingerprint density at radius 1 is 0.857 bits per heavy atom. The quantitative estimate of drug-likeness (QED) is 0.451. The van der Waals surface area contributed by atoms with E-state index in [-0.39, 0.29) is 9.80 Å². The summed E-state index contributed by atoms with van der Waals surface area (Å²) in [5.74, 6) is 0.103. The van der Waals surface area contributed by atoms with Gasteiger partial charge in [-0.2, -0.15) is 0 Å². The highest BCUT2D eigenvalue weighted by atomic mass is 32.2. The molecule has 0 heterocycles. The van der Waals surface area contributed by atoms with E-state index in [0.29, 0.717) is 16.9 Å². The Morgan fingerprint density at radius 2 is 1.46 bits per heavy atom. The molecule has 0 aliphatic heterocycles. The van der Waals surface area contributed by atoms with Gasteiger partial charge in [-0.1, -0.05) is 60.2 Å². The van der Waals surface area contributed by atoms with Crippen LogP contribution < -0.4 is 4.74 Å². The summed E-state index contributed by atoms with van der Waals surface area (Å²) in [6, 6.07) is 21.7. The fourth-order valence-electron chi connectivity index (χ4n) is 2.69. The van der Waals surface area contributed by atoms with Crippen LogP contribution in [0.25, 0.3) is 6.08 Å². The Balaban J connectivity index is 2.14. The van der Waals surface area contributed by atoms with Gasteiger partial charge in [0.05, 0.1) is 12.0 Å². The Kier molecular flexibility index (Phi) is 5.76. The fourth-order valence-corrected chi connectivity index (χ4v) is 4.09. The maximum Gasteiger partial charge on any atom is 0.210 e. The minimum absolute atomic E-state index is 0.0853. The summed E-state index contributed by atoms with van der Waals surface area (Å²) in [4.78, 5) is 12.9. The minimum Gasteiger partial charge on any atom is -0.497 e. The van der Waals surface area contributed by atoms with E-state index in [2.05, 4.69) is 0 Å². The number of carbonyl (C=O) groups excluding carboxylic acids is 1. The molecular weight excluding hydrogens is 372 g/mol. The number of allylic oxidation sites excluding steroid dienone is 1. The van der Waals surface area contributed by atoms with Crippen molar-refractivity contribution in [2.75, 3.05) is 7.11 Å². The molecule has 5 heteroatoms. The van der Waals surface area contributed by atoms with Crippen molar-refractivity contribution in [1.82, 2.24) is 0 Å². The molecule has 4 nitrogen and oxygen atoms in total. The molecule has 0 radical (unpaired) electrons. The van der Waals surface area contributed by atoms with Gasteiger partial charge in [-0.3, -0.25) is 4.79 Å². The number of hydrogen-bond donors (Lipinski definition) is 0. The molecular formula is C23H20O4S. The van der Waals surface area contributed by atoms with Gasteiger partial charge < -0.3 is 4.74 Å². The van der Waals surface area contributed by atoms with Gasteiger partial charge >= 0.3 is 0 Å². The molecule has 0 amide bonds. The van der Waals surface area contributed by atoms with E-state index in [1.54, 1.807) is 73.8 Å². The summed E-state index contributed by atoms with van der Waals surface area (Å²) < 4.78 is 31.7. The number of rotatable bonds is 6. The molecule has 3 rings (SSSR count). The first kappa shape index (κ1) is 19.6. The van der Waals surface area contributed by atoms with Crippen LogP contribution in [0, 0.1) is 6.92 Å². The van der Waals surface area contributed by atoms with Crippen LogP contribution in [0.4, 0.5) is 0 Å². The molecule has 0 bridgehead atoms. The number of ketones is 1. The summed E-state index contributed by atoms with van der Waals surface area (Å²) in [5, 5.41) is 0. The van der Waals surface area contributed by atoms with Crippen molar-refractivity contribution in [2.45, 2.75) is 11.8 Å². The molecule has 0 N–H and O–H groups in total. The molecule has 0 fully saturated rings. The lowest BCUT2D eigenvalue weighted by molar-refractivity contribution is 0.104. The summed E-state index contributed by atoms with van der Waals surface area (Å²) >= 11 is 0. The third kappa shape index (κ3) is 4.21. The van der Waals surface area contributed by atoms with Crippen molar-refractivity contribution in [3.63, 3.8) is 0 Å². The molecule has 0 atom stereocenters. The predicted octanol–water partition coefficient (Wildman–Crippen LogP) is 4.70. The van der Waals surface area contributed by atoms with Crippen molar-refractivity contribution in [3.8, 4) is 5.75 Å². The smallest absolute Gasteiger partial charge is 0.210 e. The SMILES string of the molecule is COc1ccc(/C=C(/C(=O)c2ccccc2)S(=O)(=O)c2ccc(C)cc2)cc1. The second-order valence-corrected chi connectivity index (χ2v) is 8.21. The summed E-state index contributed by atoms with van der Waals surface area (Å²) in [6.45, 7) is 1.87. The minimum atomic E-state index is -4.00. The first-order valence-corrected chi connectivity index (χ1v) is 10.2. The number of carbonyl (C=O) groups is 1. The van der Waals surface area contributed by atoms with Gasteiger partial charge in [0, 0.05) is 5.56 Å². The van der Waals surface area contributed by atoms with Crippen LogP contribution in [0.1, 0.15) is 21.5 Å². The number of hydrogen-bond acceptors (Lipinski definition) is 4. The van der Waals surface area contributed by atoms with Crippen LogP contribution in [-0.4, -0.2) is 21.3 Å². The number of sulfone groups is 1. The third-order valence-corrected chi connectivity index (χ3v) is 6.07. The van der Waals surface area contributed by atoms with Crippen LogP contribution in [-0.2, 0) is 9.84 Å². The summed E-state index contributed by atoms with van der Waals surface area (Å²) in [6.07, 6.45) is 1.41. The van der Waals surface area contributed by atoms with E-state index >= 15 is 0 Å². The number of benzene rings is 3. The molecule has 0 saturated carbocycles. The average Bonchev–Trinajstić information content (AvgIpc) is 2.73. The van der Waals surface area contributed by atoms with Gasteiger partial charge in [0.15, 0.2) is 0 Å². The van der Waals surface area contributed by atoms with Crippen molar-refractivity contribution in [3.05, 3.63) is 100 Å². The standard InChI is InChI=1S/C23H20O4S/c1-17-8-14-21(15-9-17)28(25,26)22(23(24)19-6-4-3-5-7-19)16-18-10-12-20(27-2)13-11-18/h3-16H,1-2H3/b22-16-. The monoisotopic (exact) mass is 392 g/mol. The van der Waals surface area contributed by atoms with Gasteiger partial charge in [0.2, 0.25) is 15.6 Å². The Labute approximate surface area is 165 Å². The van der Waals surface area contributed by atoms with Crippen molar-refractivity contribution in [1.29, 1.82) is 0 Å². The highest BCUT2D eigenvalue weighted by Crippen LogP contribution is 2.26. The fraction of sp³-hybridized carbons (Fsp3) is 0.0870. The normalized spacial score (nSPS) is 11.9. The zero-order chi connectivity index (χ0) is 20.1. The van der Waals surface area contributed by atoms with Crippen molar-refractivity contribution in [2.24, 2.45) is 0 Å². The molecule has 142 valence electrons. The summed E-state index contributed by atoms with van der Waals surface area (Å²) in [7, 11) is -2.45. The van der Waals surface area contributed by atoms with E-state index < -0.39 is 15.6 Å². The van der Waals surface area contributed by atoms with Crippen LogP contribution in [0.5, 0.6) is 5.75 Å². The van der Waals surface area contributed by atoms with Gasteiger partial charge in [0.1, 0.15) is 10.7 Å². The molecule has 28 heavy (non-hydrogen) atoms. The van der Waals surface area contributed by atoms with Crippen molar-refractivity contribution >= 4 is 21.7 Å². The molecule has 0 unspecified atom stereocenters. The van der Waals surface area contributed by atoms with E-state index in [9.17, 15) is 13.2 Å². The molecule has 3 aromatic rings. The zero-order valence-electron chi connectivity index (χ0n) is 15.6. The lowest BCUT2D eigenvalue weighted by Crippen LogP contribution is -2.14. The molecule has 0 aromatic heterocycles. The Hall–Kier alpha value is -3.18. The number of ether oxygens (including phenoxy) is 1. The van der Waals surface area contributed by atoms with Gasteiger partial charge in [0.25, 0.3) is 0 Å². The topological polar surface area (TPSA) is 60.4 Å². The highest BCUT2D eigenvalue weighted by Gasteiger charge is 2.27. The van der Waals surface area contributed by atoms with Crippen LogP contribution in [0.3, 0.4) is 0 Å². The third-order valence-electron chi connectivity index (χ3n) is 4.29. The molecule has 0 aliphatic carbocycles. The number of aryl methyl sites for hydroxylation is 1. The maximum absolute atomic E-state index is 13.3. The highest BCUT2D eigenvalue weighted by molar-refractivity contribution is 7.96. The van der Waals surface area contributed by atoms with Gasteiger partial charge in [-0.05, 0) is 42.8 Å². The number of Topliss-reactive ketones (excluding diaryl/α,β-unsaturated/α-hetero) is 1. The Morgan fingerprint density at radius 3 is 2.04 bits per heavy atom.